The van der Waals surface area contributed by atoms with Gasteiger partial charge in [0.05, 0.1) is 11.5 Å². The van der Waals surface area contributed by atoms with E-state index < -0.39 is 10.0 Å². The summed E-state index contributed by atoms with van der Waals surface area (Å²) in [6.07, 6.45) is 0. The third-order valence-corrected chi connectivity index (χ3v) is 5.03. The Morgan fingerprint density at radius 3 is 2.37 bits per heavy atom. The summed E-state index contributed by atoms with van der Waals surface area (Å²) in [7, 11) is -3.61. The molecular weight excluding hydrogens is 286 g/mol. The van der Waals surface area contributed by atoms with Crippen LogP contribution in [0.15, 0.2) is 23.1 Å². The van der Waals surface area contributed by atoms with E-state index in [9.17, 15) is 8.42 Å². The second kappa shape index (κ2) is 5.79. The summed E-state index contributed by atoms with van der Waals surface area (Å²) in [6.45, 7) is 7.48. The van der Waals surface area contributed by atoms with Gasteiger partial charge in [0.25, 0.3) is 0 Å². The van der Waals surface area contributed by atoms with E-state index >= 15 is 0 Å². The van der Waals surface area contributed by atoms with Gasteiger partial charge in [0.1, 0.15) is 0 Å². The lowest BCUT2D eigenvalue weighted by Gasteiger charge is -2.27. The number of hydrogen-bond acceptors (Lipinski definition) is 3. The highest BCUT2D eigenvalue weighted by Gasteiger charge is 2.26. The van der Waals surface area contributed by atoms with Crippen molar-refractivity contribution in [3.8, 4) is 0 Å². The van der Waals surface area contributed by atoms with Gasteiger partial charge in [-0.05, 0) is 30.0 Å². The Morgan fingerprint density at radius 2 is 1.95 bits per heavy atom. The zero-order chi connectivity index (χ0) is 14.8. The Labute approximate surface area is 119 Å². The Bertz CT molecular complexity index is 549. The van der Waals surface area contributed by atoms with E-state index in [4.69, 9.17) is 16.7 Å². The first kappa shape index (κ1) is 16.4. The first-order chi connectivity index (χ1) is 8.58. The average molecular weight is 306 g/mol. The largest absolute Gasteiger partial charge is 0.392 e. The maximum absolute atomic E-state index is 12.2. The fraction of sp³-hybridized carbons (Fsp3) is 0.538. The minimum absolute atomic E-state index is 0.103. The van der Waals surface area contributed by atoms with E-state index in [1.165, 1.54) is 18.2 Å². The molecule has 1 rings (SSSR count). The van der Waals surface area contributed by atoms with Gasteiger partial charge >= 0.3 is 0 Å². The van der Waals surface area contributed by atoms with Crippen LogP contribution in [-0.4, -0.2) is 19.6 Å². The fourth-order valence-electron chi connectivity index (χ4n) is 1.30. The molecule has 1 aromatic carbocycles. The third kappa shape index (κ3) is 4.18. The van der Waals surface area contributed by atoms with Crippen molar-refractivity contribution in [2.24, 2.45) is 5.41 Å². The molecule has 2 N–H and O–H groups in total. The van der Waals surface area contributed by atoms with Crippen molar-refractivity contribution in [2.45, 2.75) is 45.2 Å². The third-order valence-electron chi connectivity index (χ3n) is 3.14. The number of rotatable bonds is 4. The Morgan fingerprint density at radius 1 is 1.37 bits per heavy atom. The molecule has 1 atom stereocenters. The molecule has 4 nitrogen and oxygen atoms in total. The summed E-state index contributed by atoms with van der Waals surface area (Å²) >= 11 is 5.91. The molecule has 0 aliphatic heterocycles. The van der Waals surface area contributed by atoms with Crippen LogP contribution >= 0.6 is 11.6 Å². The lowest BCUT2D eigenvalue weighted by Crippen LogP contribution is -2.41. The molecule has 0 fully saturated rings. The summed E-state index contributed by atoms with van der Waals surface area (Å²) in [4.78, 5) is 0.103. The Hall–Kier alpha value is -0.620. The minimum atomic E-state index is -3.61. The zero-order valence-corrected chi connectivity index (χ0v) is 13.1. The standard InChI is InChI=1S/C13H20ClNO3S/c1-9(13(2,3)4)15-19(17,18)11-6-5-10(8-16)12(14)7-11/h5-7,9,15-16H,8H2,1-4H3. The Kier molecular flexibility index (Phi) is 5.01. The second-order valence-corrected chi connectivity index (χ2v) is 7.74. The van der Waals surface area contributed by atoms with E-state index in [0.29, 0.717) is 5.56 Å². The summed E-state index contributed by atoms with van der Waals surface area (Å²) in [5.41, 5.74) is 0.325. The SMILES string of the molecule is CC(NS(=O)(=O)c1ccc(CO)c(Cl)c1)C(C)(C)C. The molecule has 0 radical (unpaired) electrons. The lowest BCUT2D eigenvalue weighted by atomic mass is 9.89. The average Bonchev–Trinajstić information content (AvgIpc) is 2.27. The highest BCUT2D eigenvalue weighted by Crippen LogP contribution is 2.24. The number of hydrogen-bond donors (Lipinski definition) is 2. The molecule has 6 heteroatoms. The predicted molar refractivity (Wildman–Crippen MR) is 76.6 cm³/mol. The molecule has 0 aromatic heterocycles. The number of benzene rings is 1. The van der Waals surface area contributed by atoms with Crippen LogP contribution in [0.25, 0.3) is 0 Å². The fourth-order valence-corrected chi connectivity index (χ4v) is 3.08. The number of nitrogens with one attached hydrogen (secondary N) is 1. The van der Waals surface area contributed by atoms with Crippen molar-refractivity contribution in [3.05, 3.63) is 28.8 Å². The first-order valence-corrected chi connectivity index (χ1v) is 7.85. The number of aliphatic hydroxyl groups excluding tert-OH is 1. The summed E-state index contributed by atoms with van der Waals surface area (Å²) in [5, 5.41) is 9.26. The minimum Gasteiger partial charge on any atom is -0.392 e. The van der Waals surface area contributed by atoms with Gasteiger partial charge in [-0.1, -0.05) is 38.4 Å². The lowest BCUT2D eigenvalue weighted by molar-refractivity contribution is 0.282. The molecule has 0 heterocycles. The van der Waals surface area contributed by atoms with E-state index in [2.05, 4.69) is 4.72 Å². The van der Waals surface area contributed by atoms with Crippen LogP contribution in [0.5, 0.6) is 0 Å². The van der Waals surface area contributed by atoms with Crippen molar-refractivity contribution < 1.29 is 13.5 Å². The molecule has 0 spiro atoms. The maximum atomic E-state index is 12.2. The number of sulfonamides is 1. The molecule has 19 heavy (non-hydrogen) atoms. The molecule has 0 saturated carbocycles. The zero-order valence-electron chi connectivity index (χ0n) is 11.6. The van der Waals surface area contributed by atoms with Crippen LogP contribution in [0.4, 0.5) is 0 Å². The smallest absolute Gasteiger partial charge is 0.240 e. The van der Waals surface area contributed by atoms with Crippen molar-refractivity contribution in [2.75, 3.05) is 0 Å². The van der Waals surface area contributed by atoms with Gasteiger partial charge in [-0.25, -0.2) is 13.1 Å². The quantitative estimate of drug-likeness (QED) is 0.898. The molecule has 0 bridgehead atoms. The van der Waals surface area contributed by atoms with Crippen molar-refractivity contribution >= 4 is 21.6 Å². The van der Waals surface area contributed by atoms with Gasteiger partial charge in [0.2, 0.25) is 10.0 Å². The van der Waals surface area contributed by atoms with Crippen molar-refractivity contribution in [1.29, 1.82) is 0 Å². The van der Waals surface area contributed by atoms with E-state index in [0.717, 1.165) is 0 Å². The molecular formula is C13H20ClNO3S. The number of aliphatic hydroxyl groups is 1. The normalized spacial score (nSPS) is 14.4. The highest BCUT2D eigenvalue weighted by molar-refractivity contribution is 7.89. The predicted octanol–water partition coefficient (Wildman–Crippen LogP) is 2.55. The van der Waals surface area contributed by atoms with Crippen LogP contribution in [0.1, 0.15) is 33.3 Å². The Balaban J connectivity index is 3.05. The van der Waals surface area contributed by atoms with Gasteiger partial charge in [-0.15, -0.1) is 0 Å². The van der Waals surface area contributed by atoms with E-state index in [1.807, 2.05) is 27.7 Å². The van der Waals surface area contributed by atoms with Crippen LogP contribution in [-0.2, 0) is 16.6 Å². The molecule has 1 aromatic rings. The van der Waals surface area contributed by atoms with Crippen LogP contribution in [0.2, 0.25) is 5.02 Å². The molecule has 0 amide bonds. The molecule has 108 valence electrons. The monoisotopic (exact) mass is 305 g/mol. The first-order valence-electron chi connectivity index (χ1n) is 5.99. The van der Waals surface area contributed by atoms with Gasteiger partial charge < -0.3 is 5.11 Å². The van der Waals surface area contributed by atoms with E-state index in [1.54, 1.807) is 0 Å². The molecule has 0 aliphatic carbocycles. The maximum Gasteiger partial charge on any atom is 0.240 e. The van der Waals surface area contributed by atoms with E-state index in [-0.39, 0.29) is 28.0 Å². The summed E-state index contributed by atoms with van der Waals surface area (Å²) < 4.78 is 27.0. The van der Waals surface area contributed by atoms with Gasteiger partial charge in [-0.3, -0.25) is 0 Å². The van der Waals surface area contributed by atoms with Crippen LogP contribution in [0.3, 0.4) is 0 Å². The van der Waals surface area contributed by atoms with Gasteiger partial charge in [-0.2, -0.15) is 0 Å². The molecule has 1 unspecified atom stereocenters. The number of halogens is 1. The molecule has 0 aliphatic rings. The van der Waals surface area contributed by atoms with Gasteiger partial charge in [0.15, 0.2) is 0 Å². The van der Waals surface area contributed by atoms with Crippen LogP contribution < -0.4 is 4.72 Å². The van der Waals surface area contributed by atoms with Crippen LogP contribution in [0, 0.1) is 5.41 Å². The molecule has 0 saturated heterocycles. The topological polar surface area (TPSA) is 66.4 Å². The summed E-state index contributed by atoms with van der Waals surface area (Å²) in [5.74, 6) is 0. The van der Waals surface area contributed by atoms with Gasteiger partial charge in [0, 0.05) is 11.1 Å². The van der Waals surface area contributed by atoms with Crippen molar-refractivity contribution in [1.82, 2.24) is 4.72 Å². The van der Waals surface area contributed by atoms with Crippen molar-refractivity contribution in [3.63, 3.8) is 0 Å². The summed E-state index contributed by atoms with van der Waals surface area (Å²) in [6, 6.07) is 4.09. The highest BCUT2D eigenvalue weighted by atomic mass is 35.5. The second-order valence-electron chi connectivity index (χ2n) is 5.62.